The second kappa shape index (κ2) is 17.5. The van der Waals surface area contributed by atoms with Crippen LogP contribution in [0.25, 0.3) is 0 Å². The summed E-state index contributed by atoms with van der Waals surface area (Å²) in [6.45, 7) is 2.69. The summed E-state index contributed by atoms with van der Waals surface area (Å²) in [4.78, 5) is 70.2. The standard InChI is InChI=1S/C38H44N4O5S2/c1-3-48-49-33(20-12-13-22-42-36(45)29-18-10-11-19-30(29)37(42)46)35(44)40-31-25-28(27-16-8-5-9-17-27)21-23-41(38(31)47)32(34(43)39-2)24-26-14-6-4-7-15-26/h4-11,14-19,28,31-33H,3,12-13,20-25H2,1-2H3,(H,39,43)(H,40,44). The summed E-state index contributed by atoms with van der Waals surface area (Å²) in [5, 5.41) is 5.43. The van der Waals surface area contributed by atoms with E-state index in [1.807, 2.05) is 55.5 Å². The van der Waals surface area contributed by atoms with Crippen LogP contribution in [0.3, 0.4) is 0 Å². The molecule has 0 aliphatic carbocycles. The second-order valence-corrected chi connectivity index (χ2v) is 15.2. The minimum absolute atomic E-state index is 0.0123. The third-order valence-electron chi connectivity index (χ3n) is 9.18. The number of rotatable bonds is 15. The predicted octanol–water partition coefficient (Wildman–Crippen LogP) is 5.47. The van der Waals surface area contributed by atoms with E-state index in [1.54, 1.807) is 47.0 Å². The number of nitrogens with one attached hydrogen (secondary N) is 2. The molecular weight excluding hydrogens is 657 g/mol. The number of hydrogen-bond donors (Lipinski definition) is 2. The van der Waals surface area contributed by atoms with Crippen LogP contribution in [0.5, 0.6) is 0 Å². The monoisotopic (exact) mass is 700 g/mol. The van der Waals surface area contributed by atoms with Crippen LogP contribution in [-0.4, -0.2) is 82.6 Å². The molecule has 0 radical (unpaired) electrons. The van der Waals surface area contributed by atoms with Gasteiger partial charge in [-0.2, -0.15) is 0 Å². The first-order chi connectivity index (χ1) is 23.8. The molecule has 0 spiro atoms. The van der Waals surface area contributed by atoms with E-state index >= 15 is 0 Å². The van der Waals surface area contributed by atoms with Crippen molar-refractivity contribution in [2.75, 3.05) is 25.9 Å². The molecule has 3 aromatic carbocycles. The maximum Gasteiger partial charge on any atom is 0.261 e. The Balaban J connectivity index is 1.30. The van der Waals surface area contributed by atoms with Gasteiger partial charge in [0.1, 0.15) is 12.1 Å². The lowest BCUT2D eigenvalue weighted by Gasteiger charge is -2.32. The van der Waals surface area contributed by atoms with E-state index in [2.05, 4.69) is 22.8 Å². The van der Waals surface area contributed by atoms with Crippen LogP contribution in [0.2, 0.25) is 0 Å². The molecule has 1 saturated heterocycles. The normalized spacial score (nSPS) is 18.9. The SMILES string of the molecule is CCSSC(CCCCN1C(=O)c2ccccc2C1=O)C(=O)NC1CC(c2ccccc2)CCN(C(Cc2ccccc2)C(=O)NC)C1=O. The fourth-order valence-electron chi connectivity index (χ4n) is 6.59. The van der Waals surface area contributed by atoms with E-state index < -0.39 is 17.3 Å². The number of fused-ring (bicyclic) bond motifs is 1. The van der Waals surface area contributed by atoms with Gasteiger partial charge in [-0.15, -0.1) is 0 Å². The number of nitrogens with zero attached hydrogens (tertiary/aromatic N) is 2. The summed E-state index contributed by atoms with van der Waals surface area (Å²) in [6, 6.07) is 25.0. The number of hydrogen-bond acceptors (Lipinski definition) is 7. The Morgan fingerprint density at radius 3 is 2.12 bits per heavy atom. The van der Waals surface area contributed by atoms with Crippen LogP contribution >= 0.6 is 21.6 Å². The molecule has 0 saturated carbocycles. The molecule has 49 heavy (non-hydrogen) atoms. The van der Waals surface area contributed by atoms with Gasteiger partial charge in [0, 0.05) is 32.3 Å². The van der Waals surface area contributed by atoms with E-state index in [0.29, 0.717) is 56.2 Å². The molecule has 3 aromatic rings. The summed E-state index contributed by atoms with van der Waals surface area (Å²) in [5.41, 5.74) is 2.90. The van der Waals surface area contributed by atoms with Gasteiger partial charge in [-0.05, 0) is 54.9 Å². The van der Waals surface area contributed by atoms with Gasteiger partial charge < -0.3 is 15.5 Å². The molecule has 11 heteroatoms. The highest BCUT2D eigenvalue weighted by Crippen LogP contribution is 2.33. The number of likely N-dealkylation sites (N-methyl/N-ethyl adjacent to an activating group) is 1. The van der Waals surface area contributed by atoms with Crippen molar-refractivity contribution < 1.29 is 24.0 Å². The number of imide groups is 1. The highest BCUT2D eigenvalue weighted by molar-refractivity contribution is 8.77. The Bertz CT molecular complexity index is 1590. The first-order valence-electron chi connectivity index (χ1n) is 17.0. The fourth-order valence-corrected chi connectivity index (χ4v) is 8.77. The van der Waals surface area contributed by atoms with Crippen molar-refractivity contribution >= 4 is 51.1 Å². The van der Waals surface area contributed by atoms with Gasteiger partial charge in [0.15, 0.2) is 0 Å². The molecular formula is C38H44N4O5S2. The Hall–Kier alpha value is -4.09. The van der Waals surface area contributed by atoms with Gasteiger partial charge in [-0.1, -0.05) is 108 Å². The lowest BCUT2D eigenvalue weighted by atomic mass is 9.90. The van der Waals surface area contributed by atoms with Crippen LogP contribution < -0.4 is 10.6 Å². The van der Waals surface area contributed by atoms with Gasteiger partial charge in [0.25, 0.3) is 11.8 Å². The molecule has 258 valence electrons. The number of carbonyl (C=O) groups excluding carboxylic acids is 5. The summed E-state index contributed by atoms with van der Waals surface area (Å²) in [6.07, 6.45) is 3.15. The van der Waals surface area contributed by atoms with Crippen LogP contribution in [0.4, 0.5) is 0 Å². The number of carbonyl (C=O) groups is 5. The van der Waals surface area contributed by atoms with Crippen molar-refractivity contribution in [3.05, 3.63) is 107 Å². The van der Waals surface area contributed by atoms with Gasteiger partial charge in [0.2, 0.25) is 17.7 Å². The number of likely N-dealkylation sites (tertiary alicyclic amines) is 1. The first kappa shape index (κ1) is 36.2. The molecule has 0 aromatic heterocycles. The van der Waals surface area contributed by atoms with Crippen molar-refractivity contribution in [1.82, 2.24) is 20.4 Å². The molecule has 1 fully saturated rings. The van der Waals surface area contributed by atoms with Crippen LogP contribution in [0.1, 0.15) is 76.8 Å². The smallest absolute Gasteiger partial charge is 0.261 e. The molecule has 2 heterocycles. The lowest BCUT2D eigenvalue weighted by Crippen LogP contribution is -2.56. The Morgan fingerprint density at radius 1 is 0.857 bits per heavy atom. The maximum absolute atomic E-state index is 14.4. The van der Waals surface area contributed by atoms with Crippen molar-refractivity contribution in [2.24, 2.45) is 0 Å². The van der Waals surface area contributed by atoms with Crippen LogP contribution in [-0.2, 0) is 20.8 Å². The van der Waals surface area contributed by atoms with Crippen molar-refractivity contribution in [3.8, 4) is 0 Å². The van der Waals surface area contributed by atoms with Crippen molar-refractivity contribution in [3.63, 3.8) is 0 Å². The zero-order valence-corrected chi connectivity index (χ0v) is 29.6. The highest BCUT2D eigenvalue weighted by atomic mass is 33.1. The Labute approximate surface area is 296 Å². The number of amides is 5. The van der Waals surface area contributed by atoms with Gasteiger partial charge >= 0.3 is 0 Å². The van der Waals surface area contributed by atoms with E-state index in [-0.39, 0.29) is 42.0 Å². The molecule has 0 bridgehead atoms. The number of unbranched alkanes of at least 4 members (excludes halogenated alkanes) is 1. The molecule has 9 nitrogen and oxygen atoms in total. The minimum Gasteiger partial charge on any atom is -0.357 e. The minimum atomic E-state index is -0.809. The molecule has 5 rings (SSSR count). The lowest BCUT2D eigenvalue weighted by molar-refractivity contribution is -0.142. The van der Waals surface area contributed by atoms with E-state index in [4.69, 9.17) is 0 Å². The topological polar surface area (TPSA) is 116 Å². The molecule has 2 aliphatic heterocycles. The molecule has 2 aliphatic rings. The van der Waals surface area contributed by atoms with Gasteiger partial charge in [-0.3, -0.25) is 28.9 Å². The highest BCUT2D eigenvalue weighted by Gasteiger charge is 2.39. The maximum atomic E-state index is 14.4. The summed E-state index contributed by atoms with van der Waals surface area (Å²) < 4.78 is 0. The van der Waals surface area contributed by atoms with Gasteiger partial charge in [0.05, 0.1) is 16.4 Å². The molecule has 4 atom stereocenters. The summed E-state index contributed by atoms with van der Waals surface area (Å²) >= 11 is 0. The molecule has 5 amide bonds. The Morgan fingerprint density at radius 2 is 1.49 bits per heavy atom. The van der Waals surface area contributed by atoms with Crippen molar-refractivity contribution in [2.45, 2.75) is 68.7 Å². The quantitative estimate of drug-likeness (QED) is 0.123. The summed E-state index contributed by atoms with van der Waals surface area (Å²) in [7, 11) is 4.65. The van der Waals surface area contributed by atoms with E-state index in [1.165, 1.54) is 15.7 Å². The zero-order valence-electron chi connectivity index (χ0n) is 28.0. The van der Waals surface area contributed by atoms with Crippen molar-refractivity contribution in [1.29, 1.82) is 0 Å². The van der Waals surface area contributed by atoms with E-state index in [9.17, 15) is 24.0 Å². The second-order valence-electron chi connectivity index (χ2n) is 12.3. The van der Waals surface area contributed by atoms with Crippen LogP contribution in [0, 0.1) is 0 Å². The molecule has 2 N–H and O–H groups in total. The third kappa shape index (κ3) is 8.93. The first-order valence-corrected chi connectivity index (χ1v) is 19.3. The fraction of sp³-hybridized carbons (Fsp3) is 0.395. The average molecular weight is 701 g/mol. The molecule has 4 unspecified atom stereocenters. The summed E-state index contributed by atoms with van der Waals surface area (Å²) in [5.74, 6) is -0.463. The third-order valence-corrected chi connectivity index (χ3v) is 12.0. The van der Waals surface area contributed by atoms with Crippen LogP contribution in [0.15, 0.2) is 84.9 Å². The average Bonchev–Trinajstić information content (AvgIpc) is 3.26. The van der Waals surface area contributed by atoms with E-state index in [0.717, 1.165) is 16.9 Å². The number of benzene rings is 3. The predicted molar refractivity (Wildman–Crippen MR) is 195 cm³/mol. The zero-order chi connectivity index (χ0) is 34.8. The Kier molecular flexibility index (Phi) is 13.0. The van der Waals surface area contributed by atoms with Gasteiger partial charge in [-0.25, -0.2) is 0 Å². The largest absolute Gasteiger partial charge is 0.357 e.